The largest absolute Gasteiger partial charge is 0.274 e. The summed E-state index contributed by atoms with van der Waals surface area (Å²) in [5.41, 5.74) is 0.619. The maximum Gasteiger partial charge on any atom is 0.236 e. The van der Waals surface area contributed by atoms with Crippen LogP contribution in [0.15, 0.2) is 18.2 Å². The summed E-state index contributed by atoms with van der Waals surface area (Å²) < 4.78 is 0. The molecular formula is C14H11ClN2O2. The lowest BCUT2D eigenvalue weighted by Crippen LogP contribution is -2.46. The second-order valence-electron chi connectivity index (χ2n) is 4.99. The number of hydrogen-bond acceptors (Lipinski definition) is 3. The van der Waals surface area contributed by atoms with Crippen molar-refractivity contribution in [3.63, 3.8) is 0 Å². The molecule has 2 bridgehead atoms. The zero-order valence-electron chi connectivity index (χ0n) is 10.1. The molecule has 1 aliphatic heterocycles. The molecule has 2 amide bonds. The molecule has 1 saturated heterocycles. The van der Waals surface area contributed by atoms with Crippen LogP contribution in [0.2, 0.25) is 5.02 Å². The minimum absolute atomic E-state index is 0.0896. The summed E-state index contributed by atoms with van der Waals surface area (Å²) >= 11 is 5.92. The molecule has 96 valence electrons. The van der Waals surface area contributed by atoms with Gasteiger partial charge in [-0.3, -0.25) is 9.59 Å². The molecule has 1 aliphatic carbocycles. The lowest BCUT2D eigenvalue weighted by Gasteiger charge is -2.30. The highest BCUT2D eigenvalue weighted by Crippen LogP contribution is 2.41. The molecule has 1 aromatic carbocycles. The van der Waals surface area contributed by atoms with E-state index in [9.17, 15) is 9.59 Å². The normalized spacial score (nSPS) is 25.6. The number of benzene rings is 1. The fourth-order valence-electron chi connectivity index (χ4n) is 2.93. The molecule has 2 aliphatic rings. The van der Waals surface area contributed by atoms with Gasteiger partial charge in [0.2, 0.25) is 11.8 Å². The van der Waals surface area contributed by atoms with Crippen molar-refractivity contribution in [3.8, 4) is 6.07 Å². The predicted molar refractivity (Wildman–Crippen MR) is 69.5 cm³/mol. The molecule has 1 saturated carbocycles. The predicted octanol–water partition coefficient (Wildman–Crippen LogP) is 2.50. The number of imide groups is 1. The Morgan fingerprint density at radius 2 is 1.84 bits per heavy atom. The van der Waals surface area contributed by atoms with Crippen LogP contribution in [0.25, 0.3) is 0 Å². The van der Waals surface area contributed by atoms with Gasteiger partial charge in [-0.25, -0.2) is 4.90 Å². The van der Waals surface area contributed by atoms with Gasteiger partial charge in [-0.1, -0.05) is 11.6 Å². The van der Waals surface area contributed by atoms with Crippen LogP contribution in [0.1, 0.15) is 24.8 Å². The Labute approximate surface area is 115 Å². The first-order chi connectivity index (χ1) is 9.11. The standard InChI is InChI=1S/C14H11ClN2O2/c15-11-4-3-10(7-16)12(6-11)17-13(18)8-1-2-9(5-8)14(17)19/h3-4,6,8-9H,1-2,5H2. The number of hydrogen-bond donors (Lipinski definition) is 0. The van der Waals surface area contributed by atoms with Crippen molar-refractivity contribution in [1.29, 1.82) is 5.26 Å². The van der Waals surface area contributed by atoms with Crippen LogP contribution < -0.4 is 4.90 Å². The van der Waals surface area contributed by atoms with Gasteiger partial charge in [0.25, 0.3) is 0 Å². The van der Waals surface area contributed by atoms with Crippen LogP contribution in [0.4, 0.5) is 5.69 Å². The maximum atomic E-state index is 12.3. The molecular weight excluding hydrogens is 264 g/mol. The average Bonchev–Trinajstić information content (AvgIpc) is 2.84. The summed E-state index contributed by atoms with van der Waals surface area (Å²) in [5.74, 6) is -0.573. The van der Waals surface area contributed by atoms with Gasteiger partial charge >= 0.3 is 0 Å². The molecule has 4 nitrogen and oxygen atoms in total. The molecule has 0 aromatic heterocycles. The van der Waals surface area contributed by atoms with Crippen LogP contribution in [-0.2, 0) is 9.59 Å². The average molecular weight is 275 g/mol. The zero-order valence-corrected chi connectivity index (χ0v) is 10.9. The molecule has 2 fully saturated rings. The van der Waals surface area contributed by atoms with Crippen molar-refractivity contribution in [2.45, 2.75) is 19.3 Å². The second-order valence-corrected chi connectivity index (χ2v) is 5.43. The van der Waals surface area contributed by atoms with Crippen LogP contribution >= 0.6 is 11.6 Å². The van der Waals surface area contributed by atoms with Crippen molar-refractivity contribution >= 4 is 29.1 Å². The van der Waals surface area contributed by atoms with E-state index < -0.39 is 0 Å². The van der Waals surface area contributed by atoms with Crippen molar-refractivity contribution in [2.24, 2.45) is 11.8 Å². The van der Waals surface area contributed by atoms with E-state index in [1.807, 2.05) is 6.07 Å². The third-order valence-electron chi connectivity index (χ3n) is 3.89. The van der Waals surface area contributed by atoms with E-state index in [0.717, 1.165) is 17.7 Å². The Morgan fingerprint density at radius 1 is 1.21 bits per heavy atom. The highest BCUT2D eigenvalue weighted by molar-refractivity contribution is 6.31. The molecule has 19 heavy (non-hydrogen) atoms. The van der Waals surface area contributed by atoms with Gasteiger partial charge in [-0.15, -0.1) is 0 Å². The Balaban J connectivity index is 2.11. The number of anilines is 1. The monoisotopic (exact) mass is 274 g/mol. The summed E-state index contributed by atoms with van der Waals surface area (Å²) in [5, 5.41) is 9.53. The zero-order chi connectivity index (χ0) is 13.6. The maximum absolute atomic E-state index is 12.3. The van der Waals surface area contributed by atoms with Crippen molar-refractivity contribution < 1.29 is 9.59 Å². The van der Waals surface area contributed by atoms with Gasteiger partial charge in [0.1, 0.15) is 6.07 Å². The number of carbonyl (C=O) groups excluding carboxylic acids is 2. The Kier molecular flexibility index (Phi) is 2.79. The summed E-state index contributed by atoms with van der Waals surface area (Å²) in [6.45, 7) is 0. The first-order valence-corrected chi connectivity index (χ1v) is 6.57. The summed E-state index contributed by atoms with van der Waals surface area (Å²) in [4.78, 5) is 25.8. The molecule has 0 spiro atoms. The molecule has 0 N–H and O–H groups in total. The fourth-order valence-corrected chi connectivity index (χ4v) is 3.09. The molecule has 0 radical (unpaired) electrons. The Hall–Kier alpha value is -1.86. The lowest BCUT2D eigenvalue weighted by molar-refractivity contribution is -0.133. The van der Waals surface area contributed by atoms with Gasteiger partial charge < -0.3 is 0 Å². The topological polar surface area (TPSA) is 61.2 Å². The van der Waals surface area contributed by atoms with E-state index in [4.69, 9.17) is 16.9 Å². The molecule has 3 rings (SSSR count). The third kappa shape index (κ3) is 1.82. The molecule has 2 atom stereocenters. The third-order valence-corrected chi connectivity index (χ3v) is 4.13. The lowest BCUT2D eigenvalue weighted by atomic mass is 9.96. The van der Waals surface area contributed by atoms with Crippen molar-refractivity contribution in [1.82, 2.24) is 0 Å². The number of rotatable bonds is 1. The van der Waals surface area contributed by atoms with Gasteiger partial charge in [0, 0.05) is 16.9 Å². The minimum Gasteiger partial charge on any atom is -0.274 e. The van der Waals surface area contributed by atoms with E-state index in [1.54, 1.807) is 6.07 Å². The minimum atomic E-state index is -0.197. The first kappa shape index (κ1) is 12.2. The number of amides is 2. The van der Waals surface area contributed by atoms with Crippen LogP contribution in [0.3, 0.4) is 0 Å². The van der Waals surface area contributed by atoms with Crippen molar-refractivity contribution in [2.75, 3.05) is 4.90 Å². The fraction of sp³-hybridized carbons (Fsp3) is 0.357. The number of nitrogens with zero attached hydrogens (tertiary/aromatic N) is 2. The summed E-state index contributed by atoms with van der Waals surface area (Å²) in [7, 11) is 0. The summed E-state index contributed by atoms with van der Waals surface area (Å²) in [6.07, 6.45) is 2.17. The number of nitriles is 1. The van der Waals surface area contributed by atoms with Crippen LogP contribution in [-0.4, -0.2) is 11.8 Å². The van der Waals surface area contributed by atoms with E-state index >= 15 is 0 Å². The van der Waals surface area contributed by atoms with Crippen molar-refractivity contribution in [3.05, 3.63) is 28.8 Å². The van der Waals surface area contributed by atoms with E-state index in [1.165, 1.54) is 12.1 Å². The van der Waals surface area contributed by atoms with Gasteiger partial charge in [-0.2, -0.15) is 5.26 Å². The van der Waals surface area contributed by atoms with Crippen LogP contribution in [0, 0.1) is 23.2 Å². The first-order valence-electron chi connectivity index (χ1n) is 6.19. The number of halogens is 1. The Bertz CT molecular complexity index is 598. The number of fused-ring (bicyclic) bond motifs is 2. The summed E-state index contributed by atoms with van der Waals surface area (Å²) in [6, 6.07) is 6.64. The highest BCUT2D eigenvalue weighted by atomic mass is 35.5. The molecule has 1 heterocycles. The van der Waals surface area contributed by atoms with Gasteiger partial charge in [0.05, 0.1) is 11.3 Å². The van der Waals surface area contributed by atoms with Crippen LogP contribution in [0.5, 0.6) is 0 Å². The van der Waals surface area contributed by atoms with E-state index in [2.05, 4.69) is 0 Å². The van der Waals surface area contributed by atoms with Gasteiger partial charge in [0.15, 0.2) is 0 Å². The van der Waals surface area contributed by atoms with E-state index in [0.29, 0.717) is 22.7 Å². The molecule has 2 unspecified atom stereocenters. The highest BCUT2D eigenvalue weighted by Gasteiger charge is 2.46. The quantitative estimate of drug-likeness (QED) is 0.739. The number of carbonyl (C=O) groups is 2. The Morgan fingerprint density at radius 3 is 2.42 bits per heavy atom. The number of piperidine rings is 1. The second kappa shape index (κ2) is 4.36. The smallest absolute Gasteiger partial charge is 0.236 e. The SMILES string of the molecule is N#Cc1ccc(Cl)cc1N1C(=O)C2CCC(C2)C1=O. The van der Waals surface area contributed by atoms with E-state index in [-0.39, 0.29) is 23.7 Å². The van der Waals surface area contributed by atoms with Gasteiger partial charge in [-0.05, 0) is 37.5 Å². The molecule has 1 aromatic rings. The molecule has 5 heteroatoms.